The average Bonchev–Trinajstić information content (AvgIpc) is 2.39. The maximum Gasteiger partial charge on any atom is 0.307 e. The minimum Gasteiger partial charge on any atom is -0.496 e. The van der Waals surface area contributed by atoms with Crippen molar-refractivity contribution in [3.8, 4) is 5.75 Å². The summed E-state index contributed by atoms with van der Waals surface area (Å²) in [4.78, 5) is 11.2. The van der Waals surface area contributed by atoms with Crippen molar-refractivity contribution < 1.29 is 14.6 Å². The molecule has 92 valence electrons. The standard InChI is InChI=1S/C15H14O3/c1-18-13-6-5-9-3-2-4-10-7-11(15(16)17)8-12(13)14(9)10/h2-6,11H,7-8H2,1H3,(H,16,17)/t11-/m0/s1. The molecule has 1 aliphatic carbocycles. The molecule has 0 bridgehead atoms. The van der Waals surface area contributed by atoms with Crippen molar-refractivity contribution in [3.63, 3.8) is 0 Å². The Balaban J connectivity index is 2.27. The zero-order valence-corrected chi connectivity index (χ0v) is 10.1. The van der Waals surface area contributed by atoms with Crippen LogP contribution in [0.1, 0.15) is 11.1 Å². The van der Waals surface area contributed by atoms with Gasteiger partial charge in [0.1, 0.15) is 5.75 Å². The van der Waals surface area contributed by atoms with Gasteiger partial charge < -0.3 is 9.84 Å². The van der Waals surface area contributed by atoms with Gasteiger partial charge in [-0.1, -0.05) is 24.3 Å². The Morgan fingerprint density at radius 1 is 1.28 bits per heavy atom. The van der Waals surface area contributed by atoms with Crippen LogP contribution in [-0.2, 0) is 17.6 Å². The van der Waals surface area contributed by atoms with Crippen LogP contribution in [0.15, 0.2) is 30.3 Å². The largest absolute Gasteiger partial charge is 0.496 e. The second-order valence-electron chi connectivity index (χ2n) is 4.71. The lowest BCUT2D eigenvalue weighted by Crippen LogP contribution is -2.23. The molecule has 0 amide bonds. The first-order valence-corrected chi connectivity index (χ1v) is 6.01. The van der Waals surface area contributed by atoms with E-state index in [0.29, 0.717) is 12.8 Å². The number of ether oxygens (including phenoxy) is 1. The van der Waals surface area contributed by atoms with Gasteiger partial charge in [0.15, 0.2) is 0 Å². The number of hydrogen-bond donors (Lipinski definition) is 1. The lowest BCUT2D eigenvalue weighted by atomic mass is 9.81. The molecule has 2 aromatic carbocycles. The number of hydrogen-bond acceptors (Lipinski definition) is 2. The van der Waals surface area contributed by atoms with Crippen LogP contribution in [0.5, 0.6) is 5.75 Å². The van der Waals surface area contributed by atoms with Crippen molar-refractivity contribution in [2.24, 2.45) is 5.92 Å². The summed E-state index contributed by atoms with van der Waals surface area (Å²) in [6.07, 6.45) is 1.15. The van der Waals surface area contributed by atoms with Crippen LogP contribution in [0.2, 0.25) is 0 Å². The van der Waals surface area contributed by atoms with Gasteiger partial charge in [-0.3, -0.25) is 4.79 Å². The van der Waals surface area contributed by atoms with E-state index in [1.165, 1.54) is 5.39 Å². The van der Waals surface area contributed by atoms with E-state index in [-0.39, 0.29) is 5.92 Å². The predicted octanol–water partition coefficient (Wildman–Crippen LogP) is 2.65. The first-order chi connectivity index (χ1) is 8.70. The van der Waals surface area contributed by atoms with E-state index >= 15 is 0 Å². The van der Waals surface area contributed by atoms with Crippen molar-refractivity contribution in [2.75, 3.05) is 7.11 Å². The highest BCUT2D eigenvalue weighted by Crippen LogP contribution is 2.37. The molecule has 18 heavy (non-hydrogen) atoms. The van der Waals surface area contributed by atoms with E-state index in [1.54, 1.807) is 7.11 Å². The Labute approximate surface area is 105 Å². The van der Waals surface area contributed by atoms with Gasteiger partial charge in [0.2, 0.25) is 0 Å². The lowest BCUT2D eigenvalue weighted by molar-refractivity contribution is -0.141. The second-order valence-corrected chi connectivity index (χ2v) is 4.71. The molecule has 0 heterocycles. The summed E-state index contributed by atoms with van der Waals surface area (Å²) < 4.78 is 5.37. The number of methoxy groups -OCH3 is 1. The molecule has 1 N–H and O–H groups in total. The van der Waals surface area contributed by atoms with Gasteiger partial charge in [0, 0.05) is 5.56 Å². The summed E-state index contributed by atoms with van der Waals surface area (Å²) >= 11 is 0. The van der Waals surface area contributed by atoms with Gasteiger partial charge in [-0.15, -0.1) is 0 Å². The van der Waals surface area contributed by atoms with E-state index in [2.05, 4.69) is 6.07 Å². The fraction of sp³-hybridized carbons (Fsp3) is 0.267. The summed E-state index contributed by atoms with van der Waals surface area (Å²) in [5.41, 5.74) is 2.14. The molecule has 1 aliphatic rings. The van der Waals surface area contributed by atoms with Crippen molar-refractivity contribution in [2.45, 2.75) is 12.8 Å². The average molecular weight is 242 g/mol. The predicted molar refractivity (Wildman–Crippen MR) is 69.0 cm³/mol. The molecular weight excluding hydrogens is 228 g/mol. The van der Waals surface area contributed by atoms with Gasteiger partial charge in [-0.05, 0) is 35.2 Å². The quantitative estimate of drug-likeness (QED) is 0.880. The lowest BCUT2D eigenvalue weighted by Gasteiger charge is -2.24. The van der Waals surface area contributed by atoms with Crippen LogP contribution in [-0.4, -0.2) is 18.2 Å². The SMILES string of the molecule is COc1ccc2cccc3c2c1C[C@@H](C(=O)O)C3. The highest BCUT2D eigenvalue weighted by molar-refractivity contribution is 5.92. The Morgan fingerprint density at radius 2 is 2.11 bits per heavy atom. The highest BCUT2D eigenvalue weighted by Gasteiger charge is 2.27. The topological polar surface area (TPSA) is 46.5 Å². The maximum atomic E-state index is 11.2. The number of rotatable bonds is 2. The molecule has 1 atom stereocenters. The van der Waals surface area contributed by atoms with E-state index in [1.807, 2.05) is 24.3 Å². The Morgan fingerprint density at radius 3 is 2.83 bits per heavy atom. The van der Waals surface area contributed by atoms with Crippen LogP contribution < -0.4 is 4.74 Å². The molecule has 0 aliphatic heterocycles. The molecule has 0 spiro atoms. The zero-order valence-electron chi connectivity index (χ0n) is 10.1. The monoisotopic (exact) mass is 242 g/mol. The summed E-state index contributed by atoms with van der Waals surface area (Å²) in [7, 11) is 1.63. The van der Waals surface area contributed by atoms with Crippen LogP contribution in [0.3, 0.4) is 0 Å². The number of carboxylic acids is 1. The van der Waals surface area contributed by atoms with Gasteiger partial charge in [-0.2, -0.15) is 0 Å². The smallest absolute Gasteiger partial charge is 0.307 e. The van der Waals surface area contributed by atoms with Gasteiger partial charge in [0.05, 0.1) is 13.0 Å². The van der Waals surface area contributed by atoms with E-state index in [0.717, 1.165) is 22.3 Å². The van der Waals surface area contributed by atoms with Gasteiger partial charge >= 0.3 is 5.97 Å². The Bertz CT molecular complexity index is 631. The summed E-state index contributed by atoms with van der Waals surface area (Å²) in [6.45, 7) is 0. The number of benzene rings is 2. The van der Waals surface area contributed by atoms with Crippen molar-refractivity contribution in [3.05, 3.63) is 41.5 Å². The third-order valence-electron chi connectivity index (χ3n) is 3.68. The molecule has 3 rings (SSSR count). The molecule has 0 saturated heterocycles. The minimum absolute atomic E-state index is 0.348. The van der Waals surface area contributed by atoms with Crippen molar-refractivity contribution in [1.82, 2.24) is 0 Å². The van der Waals surface area contributed by atoms with Crippen molar-refractivity contribution >= 4 is 16.7 Å². The Hall–Kier alpha value is -2.03. The van der Waals surface area contributed by atoms with E-state index in [4.69, 9.17) is 4.74 Å². The van der Waals surface area contributed by atoms with Gasteiger partial charge in [-0.25, -0.2) is 0 Å². The second kappa shape index (κ2) is 4.02. The molecule has 3 heteroatoms. The highest BCUT2D eigenvalue weighted by atomic mass is 16.5. The number of carboxylic acid groups (broad SMARTS) is 1. The number of aliphatic carboxylic acids is 1. The van der Waals surface area contributed by atoms with Crippen molar-refractivity contribution in [1.29, 1.82) is 0 Å². The molecule has 0 unspecified atom stereocenters. The van der Waals surface area contributed by atoms with Gasteiger partial charge in [0.25, 0.3) is 0 Å². The first kappa shape index (κ1) is 11.1. The molecular formula is C15H14O3. The Kier molecular flexibility index (Phi) is 2.47. The molecule has 0 saturated carbocycles. The summed E-state index contributed by atoms with van der Waals surface area (Å²) in [5.74, 6) is -0.288. The summed E-state index contributed by atoms with van der Waals surface area (Å²) in [6, 6.07) is 10.0. The normalized spacial score (nSPS) is 17.7. The fourth-order valence-electron chi connectivity index (χ4n) is 2.84. The van der Waals surface area contributed by atoms with Crippen LogP contribution in [0, 0.1) is 5.92 Å². The van der Waals surface area contributed by atoms with Crippen LogP contribution >= 0.6 is 0 Å². The maximum absolute atomic E-state index is 11.2. The fourth-order valence-corrected chi connectivity index (χ4v) is 2.84. The van der Waals surface area contributed by atoms with E-state index < -0.39 is 5.97 Å². The minimum atomic E-state index is -0.733. The first-order valence-electron chi connectivity index (χ1n) is 6.01. The van der Waals surface area contributed by atoms with Crippen LogP contribution in [0.25, 0.3) is 10.8 Å². The zero-order chi connectivity index (χ0) is 12.7. The van der Waals surface area contributed by atoms with E-state index in [9.17, 15) is 9.90 Å². The molecule has 0 aromatic heterocycles. The molecule has 0 fully saturated rings. The molecule has 0 radical (unpaired) electrons. The van der Waals surface area contributed by atoms with Crippen LogP contribution in [0.4, 0.5) is 0 Å². The number of carbonyl (C=O) groups is 1. The third kappa shape index (κ3) is 1.55. The third-order valence-corrected chi connectivity index (χ3v) is 3.68. The molecule has 2 aromatic rings. The molecule has 3 nitrogen and oxygen atoms in total. The summed E-state index contributed by atoms with van der Waals surface area (Å²) in [5, 5.41) is 11.6.